The van der Waals surface area contributed by atoms with E-state index in [1.165, 1.54) is 64.2 Å². The van der Waals surface area contributed by atoms with Gasteiger partial charge in [-0.2, -0.15) is 0 Å². The summed E-state index contributed by atoms with van der Waals surface area (Å²) in [4.78, 5) is 10.4. The second kappa shape index (κ2) is 21.1. The van der Waals surface area contributed by atoms with Gasteiger partial charge in [-0.3, -0.25) is 0 Å². The molecule has 134 valence electrons. The van der Waals surface area contributed by atoms with Crippen molar-refractivity contribution in [1.82, 2.24) is 0 Å². The van der Waals surface area contributed by atoms with E-state index in [0.717, 1.165) is 25.7 Å². The molecule has 5 heteroatoms. The molecule has 3 N–H and O–H groups in total. The fourth-order valence-electron chi connectivity index (χ4n) is 2.69. The Kier molecular flexibility index (Phi) is 24.1. The van der Waals surface area contributed by atoms with Crippen LogP contribution in [0.15, 0.2) is 0 Å². The molecule has 0 spiro atoms. The Morgan fingerprint density at radius 2 is 1.00 bits per heavy atom. The Morgan fingerprint density at radius 1 is 0.696 bits per heavy atom. The number of aliphatic hydroxyl groups is 2. The van der Waals surface area contributed by atoms with Gasteiger partial charge in [0.05, 0.1) is 0 Å². The number of carboxylic acid groups (broad SMARTS) is 1. The summed E-state index contributed by atoms with van der Waals surface area (Å²) < 4.78 is 0. The Bertz CT molecular complexity index is 255. The average molecular weight is 357 g/mol. The number of carbonyl (C=O) groups is 1. The molecule has 4 nitrogen and oxygen atoms in total. The first-order valence-electron chi connectivity index (χ1n) is 9.20. The third-order valence-corrected chi connectivity index (χ3v) is 4.17. The summed E-state index contributed by atoms with van der Waals surface area (Å²) in [6.45, 7) is 0.333. The monoisotopic (exact) mass is 356 g/mol. The van der Waals surface area contributed by atoms with E-state index < -0.39 is 12.1 Å². The molecule has 1 atom stereocenters. The standard InChI is InChI=1S/C18H36O4.K.H/c19-16-14-12-10-8-6-4-2-1-3-5-7-9-11-13-15-17(20)18(21)22;;/h17,19-20H,1-16H2,(H,21,22);;/q;+1;-1. The molecule has 0 aromatic carbocycles. The zero-order chi connectivity index (χ0) is 16.5. The van der Waals surface area contributed by atoms with Gasteiger partial charge in [-0.05, 0) is 12.8 Å². The van der Waals surface area contributed by atoms with Crippen LogP contribution in [-0.4, -0.2) is 34.0 Å². The number of aliphatic hydroxyl groups excluding tert-OH is 2. The maximum atomic E-state index is 10.4. The average Bonchev–Trinajstić information content (AvgIpc) is 2.50. The minimum atomic E-state index is -1.18. The van der Waals surface area contributed by atoms with E-state index in [4.69, 9.17) is 15.3 Å². The van der Waals surface area contributed by atoms with E-state index in [2.05, 4.69) is 0 Å². The maximum Gasteiger partial charge on any atom is 1.00 e. The summed E-state index contributed by atoms with van der Waals surface area (Å²) in [7, 11) is 0. The van der Waals surface area contributed by atoms with Crippen molar-refractivity contribution in [3.63, 3.8) is 0 Å². The first-order valence-corrected chi connectivity index (χ1v) is 9.20. The second-order valence-electron chi connectivity index (χ2n) is 6.32. The Hall–Kier alpha value is 1.03. The predicted octanol–water partition coefficient (Wildman–Crippen LogP) is 1.39. The van der Waals surface area contributed by atoms with Gasteiger partial charge in [-0.15, -0.1) is 0 Å². The summed E-state index contributed by atoms with van der Waals surface area (Å²) in [5.74, 6) is -1.10. The minimum Gasteiger partial charge on any atom is -1.00 e. The largest absolute Gasteiger partial charge is 1.00 e. The first kappa shape index (κ1) is 26.3. The molecule has 0 aliphatic carbocycles. The van der Waals surface area contributed by atoms with Gasteiger partial charge < -0.3 is 16.7 Å². The number of hydrogen-bond donors (Lipinski definition) is 3. The summed E-state index contributed by atoms with van der Waals surface area (Å²) in [6.07, 6.45) is 16.0. The molecule has 0 radical (unpaired) electrons. The van der Waals surface area contributed by atoms with Crippen LogP contribution < -0.4 is 51.4 Å². The quantitative estimate of drug-likeness (QED) is 0.272. The first-order chi connectivity index (χ1) is 10.7. The summed E-state index contributed by atoms with van der Waals surface area (Å²) in [6, 6.07) is 0. The van der Waals surface area contributed by atoms with Crippen LogP contribution >= 0.6 is 0 Å². The SMILES string of the molecule is O=C(O)C(O)CCCCCCCCCCCCCCCCO.[H-].[K+]. The van der Waals surface area contributed by atoms with Gasteiger partial charge in [0.25, 0.3) is 0 Å². The molecular formula is C18H37KO4. The molecule has 0 heterocycles. The van der Waals surface area contributed by atoms with Crippen molar-refractivity contribution in [2.45, 2.75) is 102 Å². The number of aliphatic carboxylic acids is 1. The van der Waals surface area contributed by atoms with Gasteiger partial charge in [0, 0.05) is 6.61 Å². The summed E-state index contributed by atoms with van der Waals surface area (Å²) in [5, 5.41) is 26.3. The molecule has 1 unspecified atom stereocenters. The fraction of sp³-hybridized carbons (Fsp3) is 0.944. The van der Waals surface area contributed by atoms with Crippen LogP contribution in [0.5, 0.6) is 0 Å². The molecule has 0 aliphatic rings. The Balaban J connectivity index is -0.00000220. The van der Waals surface area contributed by atoms with E-state index in [1.54, 1.807) is 0 Å². The van der Waals surface area contributed by atoms with Crippen molar-refractivity contribution in [2.75, 3.05) is 6.61 Å². The van der Waals surface area contributed by atoms with Crippen molar-refractivity contribution in [2.24, 2.45) is 0 Å². The molecule has 23 heavy (non-hydrogen) atoms. The number of hydrogen-bond acceptors (Lipinski definition) is 3. The van der Waals surface area contributed by atoms with Crippen LogP contribution in [-0.2, 0) is 4.79 Å². The van der Waals surface area contributed by atoms with E-state index in [0.29, 0.717) is 13.0 Å². The normalized spacial score (nSPS) is 11.9. The third kappa shape index (κ3) is 21.0. The summed E-state index contributed by atoms with van der Waals surface area (Å²) in [5.41, 5.74) is 0. The van der Waals surface area contributed by atoms with Crippen molar-refractivity contribution in [3.8, 4) is 0 Å². The van der Waals surface area contributed by atoms with Gasteiger partial charge in [-0.25, -0.2) is 4.79 Å². The van der Waals surface area contributed by atoms with Gasteiger partial charge >= 0.3 is 57.4 Å². The van der Waals surface area contributed by atoms with E-state index in [-0.39, 0.29) is 52.8 Å². The molecule has 0 saturated heterocycles. The molecule has 0 fully saturated rings. The molecule has 0 saturated carbocycles. The third-order valence-electron chi connectivity index (χ3n) is 4.17. The van der Waals surface area contributed by atoms with Crippen LogP contribution in [0, 0.1) is 0 Å². The maximum absolute atomic E-state index is 10.4. The molecule has 0 aromatic rings. The van der Waals surface area contributed by atoms with Crippen molar-refractivity contribution in [3.05, 3.63) is 0 Å². The van der Waals surface area contributed by atoms with Crippen LogP contribution in [0.25, 0.3) is 0 Å². The molecule has 0 aromatic heterocycles. The predicted molar refractivity (Wildman–Crippen MR) is 91.1 cm³/mol. The molecule has 0 amide bonds. The topological polar surface area (TPSA) is 77.8 Å². The number of rotatable bonds is 17. The van der Waals surface area contributed by atoms with Gasteiger partial charge in [0.15, 0.2) is 6.10 Å². The van der Waals surface area contributed by atoms with Crippen LogP contribution in [0.1, 0.15) is 97.7 Å². The van der Waals surface area contributed by atoms with Gasteiger partial charge in [0.2, 0.25) is 0 Å². The van der Waals surface area contributed by atoms with E-state index in [9.17, 15) is 4.79 Å². The zero-order valence-electron chi connectivity index (χ0n) is 16.1. The van der Waals surface area contributed by atoms with E-state index in [1.807, 2.05) is 0 Å². The smallest absolute Gasteiger partial charge is 1.00 e. The number of carboxylic acids is 1. The summed E-state index contributed by atoms with van der Waals surface area (Å²) >= 11 is 0. The van der Waals surface area contributed by atoms with Gasteiger partial charge in [-0.1, -0.05) is 83.5 Å². The zero-order valence-corrected chi connectivity index (χ0v) is 18.3. The van der Waals surface area contributed by atoms with Crippen molar-refractivity contribution < 1.29 is 72.9 Å². The molecule has 0 rings (SSSR count). The molecular weight excluding hydrogens is 319 g/mol. The fourth-order valence-corrected chi connectivity index (χ4v) is 2.69. The number of unbranched alkanes of at least 4 members (excludes halogenated alkanes) is 13. The second-order valence-corrected chi connectivity index (χ2v) is 6.32. The van der Waals surface area contributed by atoms with Gasteiger partial charge in [0.1, 0.15) is 0 Å². The Labute approximate surface area is 186 Å². The van der Waals surface area contributed by atoms with Crippen molar-refractivity contribution >= 4 is 5.97 Å². The minimum absolute atomic E-state index is 0. The molecule has 0 bridgehead atoms. The van der Waals surface area contributed by atoms with Crippen molar-refractivity contribution in [1.29, 1.82) is 0 Å². The van der Waals surface area contributed by atoms with Crippen LogP contribution in [0.2, 0.25) is 0 Å². The van der Waals surface area contributed by atoms with Crippen LogP contribution in [0.4, 0.5) is 0 Å². The van der Waals surface area contributed by atoms with E-state index >= 15 is 0 Å². The molecule has 0 aliphatic heterocycles. The van der Waals surface area contributed by atoms with Crippen LogP contribution in [0.3, 0.4) is 0 Å². The Morgan fingerprint density at radius 3 is 1.30 bits per heavy atom.